The van der Waals surface area contributed by atoms with Crippen molar-refractivity contribution in [3.8, 4) is 0 Å². The van der Waals surface area contributed by atoms with Gasteiger partial charge in [0.05, 0.1) is 6.10 Å². The molecule has 0 saturated heterocycles. The maximum Gasteiger partial charge on any atom is 0.158 e. The number of ketones is 2. The second kappa shape index (κ2) is 9.45. The average molecular weight is 232 g/mol. The van der Waals surface area contributed by atoms with Crippen LogP contribution in [-0.2, 0) is 19.1 Å². The Morgan fingerprint density at radius 3 is 1.69 bits per heavy atom. The first-order valence-corrected chi connectivity index (χ1v) is 5.29. The summed E-state index contributed by atoms with van der Waals surface area (Å²) in [6, 6.07) is 0. The molecule has 16 heavy (non-hydrogen) atoms. The van der Waals surface area contributed by atoms with E-state index in [2.05, 4.69) is 9.47 Å². The predicted octanol–water partition coefficient (Wildman–Crippen LogP) is 0.339. The summed E-state index contributed by atoms with van der Waals surface area (Å²) in [5.74, 6) is -0.0745. The number of carbonyl (C=O) groups excluding carboxylic acids is 2. The average Bonchev–Trinajstić information content (AvgIpc) is 2.24. The molecule has 0 spiro atoms. The van der Waals surface area contributed by atoms with Gasteiger partial charge in [0.15, 0.2) is 11.6 Å². The van der Waals surface area contributed by atoms with Gasteiger partial charge in [-0.1, -0.05) is 0 Å². The monoisotopic (exact) mass is 232 g/mol. The van der Waals surface area contributed by atoms with E-state index in [1.807, 2.05) is 0 Å². The molecule has 0 bridgehead atoms. The van der Waals surface area contributed by atoms with Crippen LogP contribution in [0.15, 0.2) is 0 Å². The molecule has 0 unspecified atom stereocenters. The minimum absolute atomic E-state index is 0.0373. The van der Waals surface area contributed by atoms with Crippen LogP contribution in [0.3, 0.4) is 0 Å². The lowest BCUT2D eigenvalue weighted by Gasteiger charge is -2.08. The molecule has 0 heterocycles. The Balaban J connectivity index is 3.54. The van der Waals surface area contributed by atoms with Crippen LogP contribution < -0.4 is 0 Å². The standard InChI is InChI=1S/C11H20O5/c1-15-7-10(13)5-3-9(12)4-6-11(14)8-16-2/h9,12H,3-8H2,1-2H3. The highest BCUT2D eigenvalue weighted by Crippen LogP contribution is 2.06. The van der Waals surface area contributed by atoms with Crippen LogP contribution in [0.25, 0.3) is 0 Å². The molecule has 5 heteroatoms. The zero-order valence-electron chi connectivity index (χ0n) is 9.90. The highest BCUT2D eigenvalue weighted by atomic mass is 16.5. The molecule has 0 aliphatic carbocycles. The van der Waals surface area contributed by atoms with Gasteiger partial charge in [0.1, 0.15) is 13.2 Å². The topological polar surface area (TPSA) is 72.8 Å². The quantitative estimate of drug-likeness (QED) is 0.588. The molecule has 0 saturated carbocycles. The fourth-order valence-corrected chi connectivity index (χ4v) is 1.27. The van der Waals surface area contributed by atoms with Crippen LogP contribution in [0.4, 0.5) is 0 Å². The molecule has 0 aliphatic rings. The maximum absolute atomic E-state index is 11.1. The first kappa shape index (κ1) is 15.2. The van der Waals surface area contributed by atoms with E-state index < -0.39 is 6.10 Å². The van der Waals surface area contributed by atoms with Crippen molar-refractivity contribution in [3.05, 3.63) is 0 Å². The van der Waals surface area contributed by atoms with Gasteiger partial charge in [-0.2, -0.15) is 0 Å². The minimum atomic E-state index is -0.610. The second-order valence-corrected chi connectivity index (χ2v) is 3.67. The molecule has 0 aromatic rings. The molecule has 0 fully saturated rings. The summed E-state index contributed by atoms with van der Waals surface area (Å²) < 4.78 is 9.33. The van der Waals surface area contributed by atoms with Crippen molar-refractivity contribution >= 4 is 11.6 Å². The molecule has 0 atom stereocenters. The van der Waals surface area contributed by atoms with Crippen LogP contribution in [0.2, 0.25) is 0 Å². The number of methoxy groups -OCH3 is 2. The number of Topliss-reactive ketones (excluding diaryl/α,β-unsaturated/α-hetero) is 2. The van der Waals surface area contributed by atoms with Crippen LogP contribution >= 0.6 is 0 Å². The lowest BCUT2D eigenvalue weighted by Crippen LogP contribution is -2.15. The van der Waals surface area contributed by atoms with Gasteiger partial charge >= 0.3 is 0 Å². The summed E-state index contributed by atoms with van der Waals surface area (Å²) in [5, 5.41) is 9.50. The van der Waals surface area contributed by atoms with E-state index in [0.717, 1.165) is 0 Å². The molecule has 0 amide bonds. The van der Waals surface area contributed by atoms with Crippen LogP contribution in [0, 0.1) is 0 Å². The van der Waals surface area contributed by atoms with Crippen molar-refractivity contribution < 1.29 is 24.2 Å². The Hall–Kier alpha value is -0.780. The van der Waals surface area contributed by atoms with Crippen molar-refractivity contribution in [3.63, 3.8) is 0 Å². The number of hydrogen-bond acceptors (Lipinski definition) is 5. The molecule has 94 valence electrons. The van der Waals surface area contributed by atoms with Gasteiger partial charge < -0.3 is 14.6 Å². The largest absolute Gasteiger partial charge is 0.393 e. The second-order valence-electron chi connectivity index (χ2n) is 3.67. The number of hydrogen-bond donors (Lipinski definition) is 1. The van der Waals surface area contributed by atoms with Gasteiger partial charge in [-0.05, 0) is 12.8 Å². The molecule has 0 rings (SSSR count). The molecule has 5 nitrogen and oxygen atoms in total. The third-order valence-electron chi connectivity index (χ3n) is 2.12. The number of aliphatic hydroxyl groups is 1. The van der Waals surface area contributed by atoms with Crippen molar-refractivity contribution in [2.45, 2.75) is 31.8 Å². The molecular formula is C11H20O5. The molecule has 0 aromatic heterocycles. The smallest absolute Gasteiger partial charge is 0.158 e. The lowest BCUT2D eigenvalue weighted by atomic mass is 10.1. The first-order chi connectivity index (χ1) is 7.60. The maximum atomic E-state index is 11.1. The van der Waals surface area contributed by atoms with Gasteiger partial charge in [0.2, 0.25) is 0 Å². The zero-order valence-corrected chi connectivity index (χ0v) is 9.90. The van der Waals surface area contributed by atoms with E-state index in [1.54, 1.807) is 0 Å². The Labute approximate surface area is 95.7 Å². The third kappa shape index (κ3) is 8.52. The zero-order chi connectivity index (χ0) is 12.4. The Kier molecular flexibility index (Phi) is 8.99. The van der Waals surface area contributed by atoms with Gasteiger partial charge in [-0.3, -0.25) is 9.59 Å². The summed E-state index contributed by atoms with van der Waals surface area (Å²) in [6.07, 6.45) is 0.716. The van der Waals surface area contributed by atoms with Crippen molar-refractivity contribution in [2.24, 2.45) is 0 Å². The van der Waals surface area contributed by atoms with Crippen molar-refractivity contribution in [2.75, 3.05) is 27.4 Å². The fraction of sp³-hybridized carbons (Fsp3) is 0.818. The van der Waals surface area contributed by atoms with Gasteiger partial charge in [-0.15, -0.1) is 0 Å². The van der Waals surface area contributed by atoms with Crippen LogP contribution in [-0.4, -0.2) is 50.2 Å². The van der Waals surface area contributed by atoms with E-state index >= 15 is 0 Å². The van der Waals surface area contributed by atoms with Gasteiger partial charge in [0, 0.05) is 27.1 Å². The summed E-state index contributed by atoms with van der Waals surface area (Å²) in [6.45, 7) is 0.157. The SMILES string of the molecule is COCC(=O)CCC(O)CCC(=O)COC. The van der Waals surface area contributed by atoms with Gasteiger partial charge in [-0.25, -0.2) is 0 Å². The Morgan fingerprint density at radius 1 is 1.00 bits per heavy atom. The number of carbonyl (C=O) groups is 2. The van der Waals surface area contributed by atoms with E-state index in [0.29, 0.717) is 12.8 Å². The molecule has 0 aromatic carbocycles. The molecular weight excluding hydrogens is 212 g/mol. The first-order valence-electron chi connectivity index (χ1n) is 5.29. The highest BCUT2D eigenvalue weighted by molar-refractivity contribution is 5.80. The Bertz CT molecular complexity index is 192. The summed E-state index contributed by atoms with van der Waals surface area (Å²) >= 11 is 0. The fourth-order valence-electron chi connectivity index (χ4n) is 1.27. The van der Waals surface area contributed by atoms with E-state index in [1.165, 1.54) is 14.2 Å². The normalized spacial score (nSPS) is 10.8. The highest BCUT2D eigenvalue weighted by Gasteiger charge is 2.10. The van der Waals surface area contributed by atoms with Crippen molar-refractivity contribution in [1.29, 1.82) is 0 Å². The predicted molar refractivity (Wildman–Crippen MR) is 58.2 cm³/mol. The molecule has 1 N–H and O–H groups in total. The van der Waals surface area contributed by atoms with Crippen molar-refractivity contribution in [1.82, 2.24) is 0 Å². The van der Waals surface area contributed by atoms with Crippen LogP contribution in [0.5, 0.6) is 0 Å². The Morgan fingerprint density at radius 2 is 1.38 bits per heavy atom. The minimum Gasteiger partial charge on any atom is -0.393 e. The van der Waals surface area contributed by atoms with E-state index in [9.17, 15) is 14.7 Å². The van der Waals surface area contributed by atoms with E-state index in [-0.39, 0.29) is 37.6 Å². The number of rotatable bonds is 10. The number of ether oxygens (including phenoxy) is 2. The lowest BCUT2D eigenvalue weighted by molar-refractivity contribution is -0.123. The summed E-state index contributed by atoms with van der Waals surface area (Å²) in [4.78, 5) is 22.1. The van der Waals surface area contributed by atoms with Gasteiger partial charge in [0.25, 0.3) is 0 Å². The molecule has 0 aliphatic heterocycles. The third-order valence-corrected chi connectivity index (χ3v) is 2.12. The summed E-state index contributed by atoms with van der Waals surface area (Å²) in [5.41, 5.74) is 0. The van der Waals surface area contributed by atoms with E-state index in [4.69, 9.17) is 0 Å². The summed E-state index contributed by atoms with van der Waals surface area (Å²) in [7, 11) is 2.91. The molecule has 0 radical (unpaired) electrons. The van der Waals surface area contributed by atoms with Crippen LogP contribution in [0.1, 0.15) is 25.7 Å². The number of aliphatic hydroxyl groups excluding tert-OH is 1.